The van der Waals surface area contributed by atoms with Gasteiger partial charge >= 0.3 is 0 Å². The summed E-state index contributed by atoms with van der Waals surface area (Å²) in [5, 5.41) is 6.32. The summed E-state index contributed by atoms with van der Waals surface area (Å²) in [5.41, 5.74) is 1.11. The number of carbonyl (C=O) groups excluding carboxylic acids is 2. The van der Waals surface area contributed by atoms with E-state index in [2.05, 4.69) is 15.5 Å². The zero-order chi connectivity index (χ0) is 18.2. The molecule has 2 saturated heterocycles. The number of hydrogen-bond acceptors (Lipinski definition) is 4. The van der Waals surface area contributed by atoms with E-state index in [1.54, 1.807) is 0 Å². The lowest BCUT2D eigenvalue weighted by atomic mass is 10.0. The monoisotopic (exact) mass is 358 g/mol. The first-order valence-electron chi connectivity index (χ1n) is 9.72. The van der Waals surface area contributed by atoms with E-state index in [1.165, 1.54) is 6.42 Å². The highest BCUT2D eigenvalue weighted by Gasteiger charge is 2.23. The van der Waals surface area contributed by atoms with E-state index in [1.807, 2.05) is 35.2 Å². The van der Waals surface area contributed by atoms with Crippen molar-refractivity contribution >= 4 is 11.8 Å². The lowest BCUT2D eigenvalue weighted by Crippen LogP contribution is -2.51. The van der Waals surface area contributed by atoms with Crippen LogP contribution >= 0.6 is 0 Å². The zero-order valence-electron chi connectivity index (χ0n) is 15.5. The Bertz CT molecular complexity index is 579. The Kier molecular flexibility index (Phi) is 7.03. The lowest BCUT2D eigenvalue weighted by Gasteiger charge is -2.34. The summed E-state index contributed by atoms with van der Waals surface area (Å²) in [6.07, 6.45) is 2.84. The second kappa shape index (κ2) is 9.69. The summed E-state index contributed by atoms with van der Waals surface area (Å²) in [6, 6.07) is 9.93. The van der Waals surface area contributed by atoms with Crippen LogP contribution in [0, 0.1) is 5.92 Å². The second-order valence-electron chi connectivity index (χ2n) is 7.32. The summed E-state index contributed by atoms with van der Waals surface area (Å²) >= 11 is 0. The van der Waals surface area contributed by atoms with E-state index in [4.69, 9.17) is 0 Å². The third kappa shape index (κ3) is 5.81. The van der Waals surface area contributed by atoms with Crippen molar-refractivity contribution in [1.29, 1.82) is 0 Å². The molecule has 1 atom stereocenters. The topological polar surface area (TPSA) is 64.7 Å². The molecule has 6 nitrogen and oxygen atoms in total. The van der Waals surface area contributed by atoms with Crippen LogP contribution < -0.4 is 10.6 Å². The van der Waals surface area contributed by atoms with Gasteiger partial charge in [-0.25, -0.2) is 0 Å². The van der Waals surface area contributed by atoms with Gasteiger partial charge < -0.3 is 15.5 Å². The Morgan fingerprint density at radius 2 is 1.88 bits per heavy atom. The predicted molar refractivity (Wildman–Crippen MR) is 102 cm³/mol. The molecule has 2 amide bonds. The number of nitrogens with zero attached hydrogens (tertiary/aromatic N) is 2. The minimum absolute atomic E-state index is 0.0439. The summed E-state index contributed by atoms with van der Waals surface area (Å²) in [4.78, 5) is 28.6. The summed E-state index contributed by atoms with van der Waals surface area (Å²) in [6.45, 7) is 6.12. The molecule has 2 aliphatic heterocycles. The fraction of sp³-hybridized carbons (Fsp3) is 0.600. The first-order chi connectivity index (χ1) is 12.7. The summed E-state index contributed by atoms with van der Waals surface area (Å²) in [7, 11) is 0. The minimum Gasteiger partial charge on any atom is -0.351 e. The highest BCUT2D eigenvalue weighted by molar-refractivity contribution is 5.78. The number of hydrogen-bond donors (Lipinski definition) is 2. The number of amides is 2. The zero-order valence-corrected chi connectivity index (χ0v) is 15.5. The molecule has 3 rings (SSSR count). The molecule has 6 heteroatoms. The van der Waals surface area contributed by atoms with E-state index in [0.29, 0.717) is 25.4 Å². The molecule has 1 aromatic rings. The van der Waals surface area contributed by atoms with Gasteiger partial charge in [0.2, 0.25) is 11.8 Å². The maximum atomic E-state index is 12.4. The number of benzene rings is 1. The fourth-order valence-corrected chi connectivity index (χ4v) is 3.66. The van der Waals surface area contributed by atoms with Crippen molar-refractivity contribution in [3.63, 3.8) is 0 Å². The molecule has 0 bridgehead atoms. The SMILES string of the molecule is O=C(CN1CCN(C(=O)CCC2CCNC2)CC1)NCc1ccccc1. The summed E-state index contributed by atoms with van der Waals surface area (Å²) in [5.74, 6) is 0.973. The quantitative estimate of drug-likeness (QED) is 0.758. The summed E-state index contributed by atoms with van der Waals surface area (Å²) < 4.78 is 0. The van der Waals surface area contributed by atoms with Crippen LogP contribution in [0.15, 0.2) is 30.3 Å². The van der Waals surface area contributed by atoms with Crippen LogP contribution in [0.3, 0.4) is 0 Å². The number of carbonyl (C=O) groups is 2. The van der Waals surface area contributed by atoms with Crippen molar-refractivity contribution < 1.29 is 9.59 Å². The van der Waals surface area contributed by atoms with Gasteiger partial charge in [0.25, 0.3) is 0 Å². The number of rotatable bonds is 7. The molecule has 0 aromatic heterocycles. The standard InChI is InChI=1S/C20H30N4O2/c25-19(22-15-17-4-2-1-3-5-17)16-23-10-12-24(13-11-23)20(26)7-6-18-8-9-21-14-18/h1-5,18,21H,6-16H2,(H,22,25). The van der Waals surface area contributed by atoms with Gasteiger partial charge in [-0.1, -0.05) is 30.3 Å². The van der Waals surface area contributed by atoms with Crippen molar-refractivity contribution in [3.8, 4) is 0 Å². The first kappa shape index (κ1) is 18.9. The average molecular weight is 358 g/mol. The molecule has 0 saturated carbocycles. The Labute approximate surface area is 155 Å². The molecule has 2 aliphatic rings. The van der Waals surface area contributed by atoms with E-state index >= 15 is 0 Å². The molecular weight excluding hydrogens is 328 g/mol. The minimum atomic E-state index is 0.0439. The Hall–Kier alpha value is -1.92. The van der Waals surface area contributed by atoms with E-state index in [-0.39, 0.29) is 11.8 Å². The van der Waals surface area contributed by atoms with Gasteiger partial charge in [0, 0.05) is 39.1 Å². The molecule has 0 spiro atoms. The van der Waals surface area contributed by atoms with Crippen LogP contribution in [-0.4, -0.2) is 67.4 Å². The smallest absolute Gasteiger partial charge is 0.234 e. The molecule has 142 valence electrons. The van der Waals surface area contributed by atoms with Gasteiger partial charge in [0.05, 0.1) is 6.54 Å². The van der Waals surface area contributed by atoms with Crippen LogP contribution in [0.4, 0.5) is 0 Å². The number of nitrogens with one attached hydrogen (secondary N) is 2. The van der Waals surface area contributed by atoms with Crippen LogP contribution in [0.25, 0.3) is 0 Å². The largest absolute Gasteiger partial charge is 0.351 e. The van der Waals surface area contributed by atoms with Crippen molar-refractivity contribution in [1.82, 2.24) is 20.4 Å². The van der Waals surface area contributed by atoms with Crippen molar-refractivity contribution in [2.45, 2.75) is 25.8 Å². The molecule has 2 N–H and O–H groups in total. The van der Waals surface area contributed by atoms with Gasteiger partial charge in [0.15, 0.2) is 0 Å². The molecule has 1 aromatic carbocycles. The lowest BCUT2D eigenvalue weighted by molar-refractivity contribution is -0.133. The highest BCUT2D eigenvalue weighted by atomic mass is 16.2. The molecule has 1 unspecified atom stereocenters. The van der Waals surface area contributed by atoms with Gasteiger partial charge in [-0.05, 0) is 37.4 Å². The van der Waals surface area contributed by atoms with Gasteiger partial charge in [-0.3, -0.25) is 14.5 Å². The average Bonchev–Trinajstić information content (AvgIpc) is 3.19. The van der Waals surface area contributed by atoms with E-state index < -0.39 is 0 Å². The first-order valence-corrected chi connectivity index (χ1v) is 9.72. The predicted octanol–water partition coefficient (Wildman–Crippen LogP) is 0.837. The van der Waals surface area contributed by atoms with Gasteiger partial charge in [0.1, 0.15) is 0 Å². The normalized spacial score (nSPS) is 20.9. The Morgan fingerprint density at radius 1 is 1.12 bits per heavy atom. The van der Waals surface area contributed by atoms with Crippen LogP contribution in [0.1, 0.15) is 24.8 Å². The van der Waals surface area contributed by atoms with Crippen molar-refractivity contribution in [2.75, 3.05) is 45.8 Å². The van der Waals surface area contributed by atoms with Gasteiger partial charge in [-0.15, -0.1) is 0 Å². The van der Waals surface area contributed by atoms with Crippen LogP contribution in [-0.2, 0) is 16.1 Å². The maximum absolute atomic E-state index is 12.4. The third-order valence-corrected chi connectivity index (χ3v) is 5.35. The van der Waals surface area contributed by atoms with E-state index in [9.17, 15) is 9.59 Å². The molecule has 0 radical (unpaired) electrons. The van der Waals surface area contributed by atoms with E-state index in [0.717, 1.165) is 51.3 Å². The van der Waals surface area contributed by atoms with Crippen molar-refractivity contribution in [3.05, 3.63) is 35.9 Å². The van der Waals surface area contributed by atoms with Gasteiger partial charge in [-0.2, -0.15) is 0 Å². The maximum Gasteiger partial charge on any atom is 0.234 e. The highest BCUT2D eigenvalue weighted by Crippen LogP contribution is 2.15. The molecule has 2 heterocycles. The van der Waals surface area contributed by atoms with Crippen molar-refractivity contribution in [2.24, 2.45) is 5.92 Å². The second-order valence-corrected chi connectivity index (χ2v) is 7.32. The molecule has 0 aliphatic carbocycles. The Morgan fingerprint density at radius 3 is 2.58 bits per heavy atom. The molecule has 26 heavy (non-hydrogen) atoms. The number of piperazine rings is 1. The molecule has 2 fully saturated rings. The van der Waals surface area contributed by atoms with Crippen LogP contribution in [0.2, 0.25) is 0 Å². The molecular formula is C20H30N4O2. The third-order valence-electron chi connectivity index (χ3n) is 5.35. The van der Waals surface area contributed by atoms with Crippen LogP contribution in [0.5, 0.6) is 0 Å². The Balaban J connectivity index is 1.31. The fourth-order valence-electron chi connectivity index (χ4n) is 3.66.